The Morgan fingerprint density at radius 1 is 1.24 bits per heavy atom. The minimum absolute atomic E-state index is 0.158. The Morgan fingerprint density at radius 2 is 1.94 bits per heavy atom. The first kappa shape index (κ1) is 11.7. The lowest BCUT2D eigenvalue weighted by Gasteiger charge is -2.04. The fourth-order valence-electron chi connectivity index (χ4n) is 1.79. The van der Waals surface area contributed by atoms with Crippen LogP contribution in [0.25, 0.3) is 11.0 Å². The second kappa shape index (κ2) is 5.05. The molecule has 2 aromatic rings. The number of nitrogens with one attached hydrogen (secondary N) is 1. The Morgan fingerprint density at radius 3 is 2.59 bits per heavy atom. The van der Waals surface area contributed by atoms with Crippen molar-refractivity contribution in [3.8, 4) is 11.5 Å². The average molecular weight is 236 g/mol. The number of fused-ring (bicyclic) bond motifs is 1. The Hall–Kier alpha value is -1.75. The first-order chi connectivity index (χ1) is 8.30. The first-order valence-corrected chi connectivity index (χ1v) is 5.50. The van der Waals surface area contributed by atoms with Gasteiger partial charge in [0.2, 0.25) is 0 Å². The topological polar surface area (TPSA) is 67.4 Å². The number of hydrogen-bond donors (Lipinski definition) is 2. The fraction of sp³-hybridized carbons (Fsp3) is 0.417. The third-order valence-corrected chi connectivity index (χ3v) is 2.63. The van der Waals surface area contributed by atoms with Crippen LogP contribution < -0.4 is 9.47 Å². The molecule has 1 aromatic carbocycles. The predicted molar refractivity (Wildman–Crippen MR) is 64.6 cm³/mol. The van der Waals surface area contributed by atoms with Gasteiger partial charge in [-0.25, -0.2) is 4.98 Å². The molecule has 0 aliphatic heterocycles. The zero-order valence-electron chi connectivity index (χ0n) is 9.99. The summed E-state index contributed by atoms with van der Waals surface area (Å²) >= 11 is 0. The number of imidazole rings is 1. The molecule has 0 aliphatic carbocycles. The molecule has 0 radical (unpaired) electrons. The second-order valence-corrected chi connectivity index (χ2v) is 3.70. The molecule has 5 heteroatoms. The normalized spacial score (nSPS) is 10.8. The number of H-pyrrole nitrogens is 1. The lowest BCUT2D eigenvalue weighted by molar-refractivity contribution is 0.287. The van der Waals surface area contributed by atoms with E-state index in [2.05, 4.69) is 9.97 Å². The van der Waals surface area contributed by atoms with E-state index in [1.165, 1.54) is 0 Å². The monoisotopic (exact) mass is 236 g/mol. The Balaban J connectivity index is 2.48. The van der Waals surface area contributed by atoms with E-state index in [0.29, 0.717) is 18.6 Å². The zero-order chi connectivity index (χ0) is 12.3. The third-order valence-electron chi connectivity index (χ3n) is 2.63. The predicted octanol–water partition coefficient (Wildman–Crippen LogP) is 1.50. The van der Waals surface area contributed by atoms with Gasteiger partial charge in [0.1, 0.15) is 28.4 Å². The molecular weight excluding hydrogens is 220 g/mol. The van der Waals surface area contributed by atoms with Gasteiger partial charge in [-0.3, -0.25) is 0 Å². The van der Waals surface area contributed by atoms with Crippen molar-refractivity contribution in [3.05, 3.63) is 18.0 Å². The third kappa shape index (κ3) is 2.19. The number of aliphatic hydroxyl groups is 1. The van der Waals surface area contributed by atoms with Crippen LogP contribution in [0.3, 0.4) is 0 Å². The highest BCUT2D eigenvalue weighted by Gasteiger charge is 2.12. The molecule has 0 atom stereocenters. The molecule has 2 rings (SSSR count). The number of aliphatic hydroxyl groups excluding tert-OH is 1. The fourth-order valence-corrected chi connectivity index (χ4v) is 1.79. The molecule has 5 nitrogen and oxygen atoms in total. The molecule has 92 valence electrons. The number of aromatic amines is 1. The van der Waals surface area contributed by atoms with Crippen molar-refractivity contribution in [1.82, 2.24) is 9.97 Å². The van der Waals surface area contributed by atoms with E-state index < -0.39 is 0 Å². The van der Waals surface area contributed by atoms with Crippen LogP contribution in [0.5, 0.6) is 11.5 Å². The molecule has 0 bridgehead atoms. The molecule has 0 fully saturated rings. The van der Waals surface area contributed by atoms with Crippen molar-refractivity contribution < 1.29 is 14.6 Å². The lowest BCUT2D eigenvalue weighted by atomic mass is 10.2. The van der Waals surface area contributed by atoms with Crippen molar-refractivity contribution in [2.75, 3.05) is 20.8 Å². The Bertz CT molecular complexity index is 467. The molecule has 1 heterocycles. The van der Waals surface area contributed by atoms with Crippen LogP contribution >= 0.6 is 0 Å². The van der Waals surface area contributed by atoms with Crippen LogP contribution in [0.1, 0.15) is 12.2 Å². The van der Waals surface area contributed by atoms with Gasteiger partial charge < -0.3 is 19.6 Å². The highest BCUT2D eigenvalue weighted by atomic mass is 16.5. The van der Waals surface area contributed by atoms with Gasteiger partial charge in [-0.15, -0.1) is 0 Å². The standard InChI is InChI=1S/C12H16N2O3/c1-16-8-5-6-9(17-2)12-11(8)13-10(14-12)4-3-7-15/h5-6,15H,3-4,7H2,1-2H3,(H,13,14). The highest BCUT2D eigenvalue weighted by molar-refractivity contribution is 5.87. The number of aromatic nitrogens is 2. The molecule has 0 spiro atoms. The largest absolute Gasteiger partial charge is 0.494 e. The quantitative estimate of drug-likeness (QED) is 0.825. The number of hydrogen-bond acceptors (Lipinski definition) is 4. The molecular formula is C12H16N2O3. The van der Waals surface area contributed by atoms with Crippen LogP contribution in [0.15, 0.2) is 12.1 Å². The van der Waals surface area contributed by atoms with E-state index in [0.717, 1.165) is 22.6 Å². The summed E-state index contributed by atoms with van der Waals surface area (Å²) in [5.41, 5.74) is 1.60. The summed E-state index contributed by atoms with van der Waals surface area (Å²) in [6.07, 6.45) is 1.39. The van der Waals surface area contributed by atoms with Gasteiger partial charge in [-0.1, -0.05) is 0 Å². The highest BCUT2D eigenvalue weighted by Crippen LogP contribution is 2.31. The lowest BCUT2D eigenvalue weighted by Crippen LogP contribution is -1.91. The van der Waals surface area contributed by atoms with E-state index in [9.17, 15) is 0 Å². The molecule has 2 N–H and O–H groups in total. The number of nitrogens with zero attached hydrogens (tertiary/aromatic N) is 1. The van der Waals surface area contributed by atoms with Crippen LogP contribution in [0.4, 0.5) is 0 Å². The summed E-state index contributed by atoms with van der Waals surface area (Å²) in [5, 5.41) is 8.81. The van der Waals surface area contributed by atoms with Gasteiger partial charge in [0.05, 0.1) is 14.2 Å². The molecule has 17 heavy (non-hydrogen) atoms. The molecule has 0 unspecified atom stereocenters. The van der Waals surface area contributed by atoms with Crippen molar-refractivity contribution in [3.63, 3.8) is 0 Å². The smallest absolute Gasteiger partial charge is 0.146 e. The van der Waals surface area contributed by atoms with E-state index in [-0.39, 0.29) is 6.61 Å². The summed E-state index contributed by atoms with van der Waals surface area (Å²) in [6.45, 7) is 0.158. The van der Waals surface area contributed by atoms with E-state index in [1.807, 2.05) is 12.1 Å². The van der Waals surface area contributed by atoms with E-state index in [4.69, 9.17) is 14.6 Å². The number of ether oxygens (including phenoxy) is 2. The van der Waals surface area contributed by atoms with Gasteiger partial charge in [0.15, 0.2) is 0 Å². The summed E-state index contributed by atoms with van der Waals surface area (Å²) in [5.74, 6) is 2.28. The van der Waals surface area contributed by atoms with Gasteiger partial charge in [-0.2, -0.15) is 0 Å². The van der Waals surface area contributed by atoms with Gasteiger partial charge in [0.25, 0.3) is 0 Å². The summed E-state index contributed by atoms with van der Waals surface area (Å²) in [4.78, 5) is 7.66. The summed E-state index contributed by atoms with van der Waals surface area (Å²) < 4.78 is 10.5. The maximum absolute atomic E-state index is 8.81. The van der Waals surface area contributed by atoms with Crippen molar-refractivity contribution >= 4 is 11.0 Å². The maximum atomic E-state index is 8.81. The van der Waals surface area contributed by atoms with Gasteiger partial charge in [0, 0.05) is 13.0 Å². The minimum Gasteiger partial charge on any atom is -0.494 e. The van der Waals surface area contributed by atoms with Crippen molar-refractivity contribution in [1.29, 1.82) is 0 Å². The molecule has 0 amide bonds. The van der Waals surface area contributed by atoms with E-state index in [1.54, 1.807) is 14.2 Å². The maximum Gasteiger partial charge on any atom is 0.146 e. The first-order valence-electron chi connectivity index (χ1n) is 5.50. The number of methoxy groups -OCH3 is 2. The Kier molecular flexibility index (Phi) is 3.49. The minimum atomic E-state index is 0.158. The average Bonchev–Trinajstić information content (AvgIpc) is 2.78. The SMILES string of the molecule is COc1ccc(OC)c2[nH]c(CCCO)nc12. The van der Waals surface area contributed by atoms with Crippen LogP contribution in [0, 0.1) is 0 Å². The van der Waals surface area contributed by atoms with Crippen LogP contribution in [-0.2, 0) is 6.42 Å². The van der Waals surface area contributed by atoms with Gasteiger partial charge in [-0.05, 0) is 18.6 Å². The van der Waals surface area contributed by atoms with Crippen molar-refractivity contribution in [2.45, 2.75) is 12.8 Å². The molecule has 0 saturated heterocycles. The van der Waals surface area contributed by atoms with Gasteiger partial charge >= 0.3 is 0 Å². The number of benzene rings is 1. The Labute approximate surface area is 99.4 Å². The summed E-state index contributed by atoms with van der Waals surface area (Å²) in [6, 6.07) is 3.67. The number of rotatable bonds is 5. The zero-order valence-corrected chi connectivity index (χ0v) is 9.99. The molecule has 0 saturated carbocycles. The second-order valence-electron chi connectivity index (χ2n) is 3.70. The van der Waals surface area contributed by atoms with Crippen molar-refractivity contribution in [2.24, 2.45) is 0 Å². The molecule has 0 aliphatic rings. The molecule has 1 aromatic heterocycles. The van der Waals surface area contributed by atoms with Crippen LogP contribution in [0.2, 0.25) is 0 Å². The summed E-state index contributed by atoms with van der Waals surface area (Å²) in [7, 11) is 3.23. The van der Waals surface area contributed by atoms with Crippen LogP contribution in [-0.4, -0.2) is 35.9 Å². The van der Waals surface area contributed by atoms with E-state index >= 15 is 0 Å². The number of aryl methyl sites for hydroxylation is 1.